The Morgan fingerprint density at radius 3 is 2.81 bits per heavy atom. The van der Waals surface area contributed by atoms with Gasteiger partial charge in [0.1, 0.15) is 0 Å². The summed E-state index contributed by atoms with van der Waals surface area (Å²) in [6.45, 7) is 7.60. The molecule has 1 unspecified atom stereocenters. The molecule has 1 amide bonds. The summed E-state index contributed by atoms with van der Waals surface area (Å²) in [6, 6.07) is 1.74. The van der Waals surface area contributed by atoms with Crippen LogP contribution in [0.5, 0.6) is 0 Å². The second kappa shape index (κ2) is 5.44. The van der Waals surface area contributed by atoms with Crippen molar-refractivity contribution in [2.45, 2.75) is 33.3 Å². The molecule has 2 aromatic rings. The van der Waals surface area contributed by atoms with Crippen molar-refractivity contribution in [3.05, 3.63) is 23.5 Å². The first kappa shape index (κ1) is 15.4. The molecule has 0 bridgehead atoms. The molecule has 2 rings (SSSR count). The zero-order valence-corrected chi connectivity index (χ0v) is 13.1. The Morgan fingerprint density at radius 1 is 1.52 bits per heavy atom. The summed E-state index contributed by atoms with van der Waals surface area (Å²) in [5, 5.41) is 17.9. The van der Waals surface area contributed by atoms with Crippen LogP contribution in [0.4, 0.5) is 0 Å². The van der Waals surface area contributed by atoms with Crippen LogP contribution in [-0.2, 0) is 7.05 Å². The number of aromatic nitrogens is 3. The molecular formula is C15H22N4O2. The fourth-order valence-electron chi connectivity index (χ4n) is 1.99. The quantitative estimate of drug-likeness (QED) is 0.892. The van der Waals surface area contributed by atoms with Crippen molar-refractivity contribution in [1.29, 1.82) is 0 Å². The Hall–Kier alpha value is -1.95. The van der Waals surface area contributed by atoms with Crippen molar-refractivity contribution in [3.63, 3.8) is 0 Å². The Labute approximate surface area is 124 Å². The van der Waals surface area contributed by atoms with Gasteiger partial charge in [0.05, 0.1) is 22.7 Å². The smallest absolute Gasteiger partial charge is 0.252 e. The van der Waals surface area contributed by atoms with Crippen LogP contribution in [0.2, 0.25) is 0 Å². The number of amides is 1. The van der Waals surface area contributed by atoms with Gasteiger partial charge in [0.15, 0.2) is 5.65 Å². The van der Waals surface area contributed by atoms with Crippen LogP contribution in [0.1, 0.15) is 36.8 Å². The molecular weight excluding hydrogens is 268 g/mol. The van der Waals surface area contributed by atoms with E-state index in [0.717, 1.165) is 5.69 Å². The van der Waals surface area contributed by atoms with Gasteiger partial charge >= 0.3 is 0 Å². The molecule has 2 aromatic heterocycles. The number of nitrogens with one attached hydrogen (secondary N) is 1. The fraction of sp³-hybridized carbons (Fsp3) is 0.533. The van der Waals surface area contributed by atoms with E-state index in [1.807, 2.05) is 20.8 Å². The van der Waals surface area contributed by atoms with E-state index >= 15 is 0 Å². The van der Waals surface area contributed by atoms with Crippen LogP contribution in [0.3, 0.4) is 0 Å². The highest BCUT2D eigenvalue weighted by Crippen LogP contribution is 2.19. The van der Waals surface area contributed by atoms with E-state index in [-0.39, 0.29) is 18.4 Å². The molecule has 0 aliphatic rings. The standard InChI is InChI=1S/C15H22N4O2/c1-9(2)15(4,21)8-16-14(20)11-6-10(3)18-13-12(11)7-17-19(13)5/h6-7,9,21H,8H2,1-5H3,(H,16,20). The van der Waals surface area contributed by atoms with Gasteiger partial charge in [-0.1, -0.05) is 13.8 Å². The SMILES string of the molecule is Cc1cc(C(=O)NCC(C)(O)C(C)C)c2cnn(C)c2n1. The number of aryl methyl sites for hydroxylation is 2. The molecule has 0 saturated heterocycles. The average Bonchev–Trinajstić information content (AvgIpc) is 2.77. The fourth-order valence-corrected chi connectivity index (χ4v) is 1.99. The van der Waals surface area contributed by atoms with Gasteiger partial charge in [-0.15, -0.1) is 0 Å². The molecule has 0 spiro atoms. The predicted octanol–water partition coefficient (Wildman–Crippen LogP) is 1.41. The minimum absolute atomic E-state index is 0.0513. The summed E-state index contributed by atoms with van der Waals surface area (Å²) < 4.78 is 1.64. The van der Waals surface area contributed by atoms with Crippen LogP contribution in [0, 0.1) is 12.8 Å². The van der Waals surface area contributed by atoms with Gasteiger partial charge in [0.25, 0.3) is 5.91 Å². The van der Waals surface area contributed by atoms with E-state index in [2.05, 4.69) is 15.4 Å². The highest BCUT2D eigenvalue weighted by Gasteiger charge is 2.26. The van der Waals surface area contributed by atoms with E-state index in [0.29, 0.717) is 16.6 Å². The number of carbonyl (C=O) groups excluding carboxylic acids is 1. The highest BCUT2D eigenvalue weighted by atomic mass is 16.3. The van der Waals surface area contributed by atoms with Crippen molar-refractivity contribution >= 4 is 16.9 Å². The predicted molar refractivity (Wildman–Crippen MR) is 81.0 cm³/mol. The lowest BCUT2D eigenvalue weighted by atomic mass is 9.92. The number of carbonyl (C=O) groups is 1. The number of hydrogen-bond acceptors (Lipinski definition) is 4. The van der Waals surface area contributed by atoms with Crippen LogP contribution in [-0.4, -0.2) is 37.9 Å². The van der Waals surface area contributed by atoms with Crippen molar-refractivity contribution in [3.8, 4) is 0 Å². The Kier molecular flexibility index (Phi) is 4.00. The van der Waals surface area contributed by atoms with Crippen molar-refractivity contribution in [2.24, 2.45) is 13.0 Å². The molecule has 0 aromatic carbocycles. The first-order valence-electron chi connectivity index (χ1n) is 7.02. The molecule has 0 aliphatic carbocycles. The Bertz CT molecular complexity index is 674. The van der Waals surface area contributed by atoms with E-state index in [1.165, 1.54) is 0 Å². The third kappa shape index (κ3) is 3.05. The lowest BCUT2D eigenvalue weighted by Crippen LogP contribution is -2.44. The van der Waals surface area contributed by atoms with E-state index in [4.69, 9.17) is 0 Å². The van der Waals surface area contributed by atoms with Gasteiger partial charge in [-0.3, -0.25) is 9.48 Å². The third-order valence-corrected chi connectivity index (χ3v) is 3.93. The maximum absolute atomic E-state index is 12.4. The monoisotopic (exact) mass is 290 g/mol. The molecule has 0 saturated carbocycles. The first-order chi connectivity index (χ1) is 9.72. The van der Waals surface area contributed by atoms with Crippen LogP contribution in [0.15, 0.2) is 12.3 Å². The number of hydrogen-bond donors (Lipinski definition) is 2. The summed E-state index contributed by atoms with van der Waals surface area (Å²) in [5.41, 5.74) is 1.03. The number of aliphatic hydroxyl groups is 1. The number of pyridine rings is 1. The molecule has 6 heteroatoms. The second-order valence-corrected chi connectivity index (χ2v) is 6.01. The summed E-state index contributed by atoms with van der Waals surface area (Å²) in [5.74, 6) is -0.171. The van der Waals surface area contributed by atoms with Gasteiger partial charge in [-0.25, -0.2) is 4.98 Å². The number of nitrogens with zero attached hydrogens (tertiary/aromatic N) is 3. The molecule has 1 atom stereocenters. The summed E-state index contributed by atoms with van der Waals surface area (Å²) in [4.78, 5) is 16.8. The Balaban J connectivity index is 2.28. The highest BCUT2D eigenvalue weighted by molar-refractivity contribution is 6.05. The summed E-state index contributed by atoms with van der Waals surface area (Å²) >= 11 is 0. The van der Waals surface area contributed by atoms with Crippen molar-refractivity contribution in [1.82, 2.24) is 20.1 Å². The lowest BCUT2D eigenvalue weighted by Gasteiger charge is -2.27. The van der Waals surface area contributed by atoms with Crippen LogP contribution >= 0.6 is 0 Å². The van der Waals surface area contributed by atoms with Gasteiger partial charge in [-0.05, 0) is 25.8 Å². The first-order valence-corrected chi connectivity index (χ1v) is 7.02. The minimum Gasteiger partial charge on any atom is -0.388 e. The normalized spacial score (nSPS) is 14.4. The topological polar surface area (TPSA) is 80.0 Å². The molecule has 114 valence electrons. The van der Waals surface area contributed by atoms with Gasteiger partial charge in [0.2, 0.25) is 0 Å². The maximum Gasteiger partial charge on any atom is 0.252 e. The molecule has 0 radical (unpaired) electrons. The number of fused-ring (bicyclic) bond motifs is 1. The third-order valence-electron chi connectivity index (χ3n) is 3.93. The molecule has 0 fully saturated rings. The van der Waals surface area contributed by atoms with Gasteiger partial charge in [0, 0.05) is 19.3 Å². The molecule has 6 nitrogen and oxygen atoms in total. The Morgan fingerprint density at radius 2 is 2.19 bits per heavy atom. The molecule has 2 N–H and O–H groups in total. The number of rotatable bonds is 4. The zero-order valence-electron chi connectivity index (χ0n) is 13.1. The van der Waals surface area contributed by atoms with Crippen LogP contribution < -0.4 is 5.32 Å². The van der Waals surface area contributed by atoms with Gasteiger partial charge in [-0.2, -0.15) is 5.10 Å². The average molecular weight is 290 g/mol. The van der Waals surface area contributed by atoms with Gasteiger partial charge < -0.3 is 10.4 Å². The lowest BCUT2D eigenvalue weighted by molar-refractivity contribution is 0.0142. The molecule has 21 heavy (non-hydrogen) atoms. The molecule has 0 aliphatic heterocycles. The van der Waals surface area contributed by atoms with E-state index in [9.17, 15) is 9.90 Å². The van der Waals surface area contributed by atoms with Crippen LogP contribution in [0.25, 0.3) is 11.0 Å². The zero-order chi connectivity index (χ0) is 15.8. The van der Waals surface area contributed by atoms with Crippen molar-refractivity contribution in [2.75, 3.05) is 6.54 Å². The largest absolute Gasteiger partial charge is 0.388 e. The van der Waals surface area contributed by atoms with E-state index < -0.39 is 5.60 Å². The maximum atomic E-state index is 12.4. The minimum atomic E-state index is -0.939. The summed E-state index contributed by atoms with van der Waals surface area (Å²) in [7, 11) is 1.79. The second-order valence-electron chi connectivity index (χ2n) is 6.01. The summed E-state index contributed by atoms with van der Waals surface area (Å²) in [6.07, 6.45) is 1.64. The van der Waals surface area contributed by atoms with Crippen molar-refractivity contribution < 1.29 is 9.90 Å². The van der Waals surface area contributed by atoms with E-state index in [1.54, 1.807) is 30.9 Å². The molecule has 2 heterocycles.